The smallest absolute Gasteiger partial charge is 0.0692 e. The summed E-state index contributed by atoms with van der Waals surface area (Å²) in [5.41, 5.74) is 1.98. The molecule has 88 valence electrons. The molecule has 0 radical (unpaired) electrons. The molecule has 3 heteroatoms. The van der Waals surface area contributed by atoms with E-state index in [1.54, 1.807) is 12.4 Å². The summed E-state index contributed by atoms with van der Waals surface area (Å²) < 4.78 is 0. The van der Waals surface area contributed by atoms with Gasteiger partial charge in [-0.3, -0.25) is 9.97 Å². The van der Waals surface area contributed by atoms with Gasteiger partial charge in [0.25, 0.3) is 0 Å². The first-order valence-electron chi connectivity index (χ1n) is 5.57. The molecule has 2 aromatic heterocycles. The van der Waals surface area contributed by atoms with E-state index in [1.165, 1.54) is 0 Å². The van der Waals surface area contributed by atoms with Gasteiger partial charge in [0, 0.05) is 30.2 Å². The van der Waals surface area contributed by atoms with Gasteiger partial charge in [0.05, 0.1) is 5.38 Å². The first-order valence-corrected chi connectivity index (χ1v) is 6.00. The molecule has 0 N–H and O–H groups in total. The van der Waals surface area contributed by atoms with Gasteiger partial charge in [-0.15, -0.1) is 11.6 Å². The molecule has 0 saturated carbocycles. The number of nitrogens with zero attached hydrogens (tertiary/aromatic N) is 2. The molecule has 1 atom stereocenters. The maximum Gasteiger partial charge on any atom is 0.0692 e. The van der Waals surface area contributed by atoms with Crippen LogP contribution >= 0.6 is 11.6 Å². The van der Waals surface area contributed by atoms with Crippen molar-refractivity contribution < 1.29 is 0 Å². The van der Waals surface area contributed by atoms with Crippen LogP contribution in [0.2, 0.25) is 0 Å². The van der Waals surface area contributed by atoms with E-state index in [1.807, 2.05) is 30.6 Å². The number of hydrogen-bond donors (Lipinski definition) is 0. The second-order valence-corrected chi connectivity index (χ2v) is 5.05. The lowest BCUT2D eigenvalue weighted by atomic mass is 9.80. The first-order chi connectivity index (χ1) is 8.12. The van der Waals surface area contributed by atoms with Crippen molar-refractivity contribution in [2.24, 2.45) is 0 Å². The van der Waals surface area contributed by atoms with Crippen LogP contribution in [0.5, 0.6) is 0 Å². The van der Waals surface area contributed by atoms with E-state index in [2.05, 4.69) is 29.9 Å². The molecular weight excluding hydrogens is 232 g/mol. The standard InChI is InChI=1S/C14H15ClN2/c1-14(2,12-6-4-8-17-10-12)13(15)11-5-3-7-16-9-11/h3-10,13H,1-2H3/t13-/m0/s1. The van der Waals surface area contributed by atoms with Crippen LogP contribution in [0.15, 0.2) is 49.1 Å². The van der Waals surface area contributed by atoms with Crippen molar-refractivity contribution in [3.05, 3.63) is 60.2 Å². The van der Waals surface area contributed by atoms with Gasteiger partial charge in [0.1, 0.15) is 0 Å². The Morgan fingerprint density at radius 2 is 1.71 bits per heavy atom. The SMILES string of the molecule is CC(C)(c1cccnc1)[C@@H](Cl)c1cccnc1. The lowest BCUT2D eigenvalue weighted by molar-refractivity contribution is 0.501. The lowest BCUT2D eigenvalue weighted by Crippen LogP contribution is -2.23. The Morgan fingerprint density at radius 1 is 1.06 bits per heavy atom. The predicted molar refractivity (Wildman–Crippen MR) is 70.1 cm³/mol. The molecule has 0 amide bonds. The molecule has 2 heterocycles. The Balaban J connectivity index is 2.33. The van der Waals surface area contributed by atoms with Crippen LogP contribution in [0, 0.1) is 0 Å². The zero-order chi connectivity index (χ0) is 12.3. The Bertz CT molecular complexity index is 468. The van der Waals surface area contributed by atoms with Crippen molar-refractivity contribution >= 4 is 11.6 Å². The summed E-state index contributed by atoms with van der Waals surface area (Å²) in [6.45, 7) is 4.24. The summed E-state index contributed by atoms with van der Waals surface area (Å²) in [4.78, 5) is 8.27. The van der Waals surface area contributed by atoms with Gasteiger partial charge >= 0.3 is 0 Å². The third-order valence-corrected chi connectivity index (χ3v) is 3.81. The largest absolute Gasteiger partial charge is 0.264 e. The van der Waals surface area contributed by atoms with Gasteiger partial charge in [-0.05, 0) is 23.3 Å². The summed E-state index contributed by atoms with van der Waals surface area (Å²) in [5, 5.41) is -0.125. The summed E-state index contributed by atoms with van der Waals surface area (Å²) in [7, 11) is 0. The monoisotopic (exact) mass is 246 g/mol. The fourth-order valence-corrected chi connectivity index (χ4v) is 2.09. The molecule has 2 rings (SSSR count). The summed E-state index contributed by atoms with van der Waals surface area (Å²) in [5.74, 6) is 0. The van der Waals surface area contributed by atoms with Gasteiger partial charge in [0.2, 0.25) is 0 Å². The molecule has 0 fully saturated rings. The highest BCUT2D eigenvalue weighted by Gasteiger charge is 2.31. The normalized spacial score (nSPS) is 13.4. The number of pyridine rings is 2. The van der Waals surface area contributed by atoms with Crippen LogP contribution in [0.3, 0.4) is 0 Å². The summed E-state index contributed by atoms with van der Waals surface area (Å²) in [6.07, 6.45) is 7.21. The molecule has 2 nitrogen and oxygen atoms in total. The second-order valence-electron chi connectivity index (χ2n) is 4.61. The zero-order valence-electron chi connectivity index (χ0n) is 9.97. The van der Waals surface area contributed by atoms with Crippen molar-refractivity contribution in [3.8, 4) is 0 Å². The van der Waals surface area contributed by atoms with E-state index >= 15 is 0 Å². The van der Waals surface area contributed by atoms with E-state index in [9.17, 15) is 0 Å². The molecule has 0 spiro atoms. The molecule has 0 aliphatic heterocycles. The molecule has 0 saturated heterocycles. The van der Waals surface area contributed by atoms with E-state index in [-0.39, 0.29) is 10.8 Å². The predicted octanol–water partition coefficient (Wildman–Crippen LogP) is 3.73. The molecular formula is C14H15ClN2. The van der Waals surface area contributed by atoms with Crippen LogP contribution in [0.1, 0.15) is 30.4 Å². The minimum Gasteiger partial charge on any atom is -0.264 e. The van der Waals surface area contributed by atoms with Gasteiger partial charge in [-0.25, -0.2) is 0 Å². The van der Waals surface area contributed by atoms with Crippen LogP contribution < -0.4 is 0 Å². The molecule has 0 aromatic carbocycles. The van der Waals surface area contributed by atoms with Crippen LogP contribution in [0.25, 0.3) is 0 Å². The van der Waals surface area contributed by atoms with E-state index in [0.29, 0.717) is 0 Å². The first kappa shape index (κ1) is 12.1. The lowest BCUT2D eigenvalue weighted by Gasteiger charge is -2.30. The molecule has 0 aliphatic rings. The quantitative estimate of drug-likeness (QED) is 0.772. The van der Waals surface area contributed by atoms with Crippen molar-refractivity contribution in [1.82, 2.24) is 9.97 Å². The summed E-state index contributed by atoms with van der Waals surface area (Å²) in [6, 6.07) is 7.90. The fraction of sp³-hybridized carbons (Fsp3) is 0.286. The van der Waals surface area contributed by atoms with Crippen molar-refractivity contribution in [1.29, 1.82) is 0 Å². The minimum absolute atomic E-state index is 0.125. The molecule has 0 bridgehead atoms. The highest BCUT2D eigenvalue weighted by Crippen LogP contribution is 2.40. The Kier molecular flexibility index (Phi) is 3.43. The summed E-state index contributed by atoms with van der Waals surface area (Å²) >= 11 is 6.56. The van der Waals surface area contributed by atoms with E-state index in [0.717, 1.165) is 11.1 Å². The van der Waals surface area contributed by atoms with Crippen LogP contribution in [0.4, 0.5) is 0 Å². The Morgan fingerprint density at radius 3 is 2.24 bits per heavy atom. The van der Waals surface area contributed by atoms with Crippen molar-refractivity contribution in [2.75, 3.05) is 0 Å². The van der Waals surface area contributed by atoms with E-state index < -0.39 is 0 Å². The number of hydrogen-bond acceptors (Lipinski definition) is 2. The number of halogens is 1. The Hall–Kier alpha value is -1.41. The van der Waals surface area contributed by atoms with Gasteiger partial charge in [0.15, 0.2) is 0 Å². The third kappa shape index (κ3) is 2.47. The minimum atomic E-state index is -0.182. The average molecular weight is 247 g/mol. The number of alkyl halides is 1. The second kappa shape index (κ2) is 4.84. The third-order valence-electron chi connectivity index (χ3n) is 3.02. The average Bonchev–Trinajstić information content (AvgIpc) is 2.40. The number of aromatic nitrogens is 2. The Labute approximate surface area is 107 Å². The van der Waals surface area contributed by atoms with Gasteiger partial charge in [-0.1, -0.05) is 26.0 Å². The van der Waals surface area contributed by atoms with Gasteiger partial charge < -0.3 is 0 Å². The fourth-order valence-electron chi connectivity index (χ4n) is 1.83. The molecule has 0 unspecified atom stereocenters. The zero-order valence-corrected chi connectivity index (χ0v) is 10.7. The molecule has 0 aliphatic carbocycles. The molecule has 2 aromatic rings. The maximum atomic E-state index is 6.56. The highest BCUT2D eigenvalue weighted by atomic mass is 35.5. The highest BCUT2D eigenvalue weighted by molar-refractivity contribution is 6.21. The van der Waals surface area contributed by atoms with Gasteiger partial charge in [-0.2, -0.15) is 0 Å². The van der Waals surface area contributed by atoms with Crippen LogP contribution in [-0.4, -0.2) is 9.97 Å². The van der Waals surface area contributed by atoms with Crippen molar-refractivity contribution in [2.45, 2.75) is 24.6 Å². The topological polar surface area (TPSA) is 25.8 Å². The van der Waals surface area contributed by atoms with Crippen molar-refractivity contribution in [3.63, 3.8) is 0 Å². The maximum absolute atomic E-state index is 6.56. The van der Waals surface area contributed by atoms with Crippen LogP contribution in [-0.2, 0) is 5.41 Å². The van der Waals surface area contributed by atoms with E-state index in [4.69, 9.17) is 11.6 Å². The number of rotatable bonds is 3. The molecule has 17 heavy (non-hydrogen) atoms.